The van der Waals surface area contributed by atoms with Gasteiger partial charge in [-0.15, -0.1) is 0 Å². The first kappa shape index (κ1) is 10.4. The molecule has 1 heterocycles. The van der Waals surface area contributed by atoms with Crippen molar-refractivity contribution < 1.29 is 13.2 Å². The number of hydrogen-bond donors (Lipinski definition) is 0. The molecule has 3 nitrogen and oxygen atoms in total. The Balaban J connectivity index is 2.81. The van der Waals surface area contributed by atoms with E-state index >= 15 is 0 Å². The molecule has 0 saturated heterocycles. The molecule has 1 aromatic carbocycles. The Kier molecular flexibility index (Phi) is 2.19. The van der Waals surface area contributed by atoms with Gasteiger partial charge >= 0.3 is 0 Å². The van der Waals surface area contributed by atoms with Crippen LogP contribution in [-0.4, -0.2) is 20.0 Å². The van der Waals surface area contributed by atoms with E-state index in [9.17, 15) is 13.2 Å². The van der Waals surface area contributed by atoms with E-state index in [1.165, 1.54) is 6.92 Å². The molecule has 0 N–H and O–H groups in total. The fraction of sp³-hybridized carbons (Fsp3) is 0.364. The smallest absolute Gasteiger partial charge is 0.179 e. The van der Waals surface area contributed by atoms with Gasteiger partial charge in [0.2, 0.25) is 0 Å². The molecule has 1 aliphatic rings. The molecule has 1 unspecified atom stereocenters. The summed E-state index contributed by atoms with van der Waals surface area (Å²) in [6, 6.07) is 5.11. The molecule has 0 aromatic heterocycles. The summed E-state index contributed by atoms with van der Waals surface area (Å²) in [4.78, 5) is 11.6. The van der Waals surface area contributed by atoms with Gasteiger partial charge in [0, 0.05) is 5.56 Å². The van der Waals surface area contributed by atoms with Gasteiger partial charge in [-0.2, -0.15) is 0 Å². The average molecular weight is 224 g/mol. The highest BCUT2D eigenvalue weighted by Crippen LogP contribution is 2.36. The van der Waals surface area contributed by atoms with Crippen LogP contribution >= 0.6 is 0 Å². The normalized spacial score (nSPS) is 22.4. The largest absolute Gasteiger partial charge is 0.294 e. The fourth-order valence-corrected chi connectivity index (χ4v) is 4.25. The van der Waals surface area contributed by atoms with E-state index in [0.29, 0.717) is 5.56 Å². The molecule has 0 bridgehead atoms. The Hall–Kier alpha value is -1.16. The summed E-state index contributed by atoms with van der Waals surface area (Å²) in [6.45, 7) is 3.27. The second-order valence-electron chi connectivity index (χ2n) is 3.96. The van der Waals surface area contributed by atoms with Crippen molar-refractivity contribution in [3.05, 3.63) is 29.3 Å². The lowest BCUT2D eigenvalue weighted by Crippen LogP contribution is -2.05. The monoisotopic (exact) mass is 224 g/mol. The summed E-state index contributed by atoms with van der Waals surface area (Å²) in [6.07, 6.45) is 0. The van der Waals surface area contributed by atoms with Crippen LogP contribution < -0.4 is 0 Å². The van der Waals surface area contributed by atoms with Gasteiger partial charge < -0.3 is 0 Å². The molecule has 1 atom stereocenters. The number of sulfone groups is 1. The van der Waals surface area contributed by atoms with Crippen molar-refractivity contribution in [2.75, 3.05) is 5.75 Å². The lowest BCUT2D eigenvalue weighted by atomic mass is 10.00. The second kappa shape index (κ2) is 3.17. The van der Waals surface area contributed by atoms with Gasteiger partial charge in [-0.3, -0.25) is 4.79 Å². The lowest BCUT2D eigenvalue weighted by Gasteiger charge is -2.04. The van der Waals surface area contributed by atoms with Crippen LogP contribution in [0.5, 0.6) is 0 Å². The minimum Gasteiger partial charge on any atom is -0.294 e. The number of fused-ring (bicyclic) bond motifs is 1. The second-order valence-corrected chi connectivity index (χ2v) is 5.93. The molecule has 0 fully saturated rings. The van der Waals surface area contributed by atoms with Gasteiger partial charge in [-0.25, -0.2) is 8.42 Å². The van der Waals surface area contributed by atoms with Crippen LogP contribution in [0.1, 0.15) is 35.7 Å². The number of Topliss-reactive ketones (excluding diaryl/α,β-unsaturated/α-hetero) is 1. The third-order valence-electron chi connectivity index (χ3n) is 2.74. The first-order valence-electron chi connectivity index (χ1n) is 4.80. The van der Waals surface area contributed by atoms with Gasteiger partial charge in [0.05, 0.1) is 10.6 Å². The molecule has 1 aliphatic heterocycles. The van der Waals surface area contributed by atoms with E-state index in [0.717, 1.165) is 5.56 Å². The molecule has 0 saturated carbocycles. The highest BCUT2D eigenvalue weighted by Gasteiger charge is 2.34. The number of hydrogen-bond acceptors (Lipinski definition) is 3. The molecule has 1 aromatic rings. The van der Waals surface area contributed by atoms with E-state index in [-0.39, 0.29) is 22.3 Å². The zero-order valence-electron chi connectivity index (χ0n) is 8.65. The first-order chi connectivity index (χ1) is 6.93. The molecule has 80 valence electrons. The average Bonchev–Trinajstić information content (AvgIpc) is 2.37. The number of carbonyl (C=O) groups is 1. The maximum absolute atomic E-state index is 11.8. The highest BCUT2D eigenvalue weighted by molar-refractivity contribution is 7.91. The summed E-state index contributed by atoms with van der Waals surface area (Å²) in [7, 11) is -3.25. The number of benzene rings is 1. The van der Waals surface area contributed by atoms with Crippen LogP contribution in [0.4, 0.5) is 0 Å². The van der Waals surface area contributed by atoms with E-state index in [1.54, 1.807) is 18.2 Å². The predicted octanol–water partition coefficient (Wildman–Crippen LogP) is 1.78. The van der Waals surface area contributed by atoms with Gasteiger partial charge in [0.15, 0.2) is 15.6 Å². The predicted molar refractivity (Wildman–Crippen MR) is 56.9 cm³/mol. The molecule has 0 aliphatic carbocycles. The van der Waals surface area contributed by atoms with Crippen molar-refractivity contribution in [2.45, 2.75) is 24.7 Å². The fourth-order valence-electron chi connectivity index (χ4n) is 2.07. The van der Waals surface area contributed by atoms with Crippen molar-refractivity contribution in [2.24, 2.45) is 0 Å². The van der Waals surface area contributed by atoms with Crippen LogP contribution in [0.2, 0.25) is 0 Å². The van der Waals surface area contributed by atoms with Crippen LogP contribution in [-0.2, 0) is 9.84 Å². The third kappa shape index (κ3) is 1.49. The maximum atomic E-state index is 11.8. The maximum Gasteiger partial charge on any atom is 0.179 e. The highest BCUT2D eigenvalue weighted by atomic mass is 32.2. The Morgan fingerprint density at radius 3 is 2.67 bits per heavy atom. The van der Waals surface area contributed by atoms with Gasteiger partial charge in [0.1, 0.15) is 0 Å². The van der Waals surface area contributed by atoms with Crippen LogP contribution in [0.15, 0.2) is 23.1 Å². The van der Waals surface area contributed by atoms with E-state index in [1.807, 2.05) is 6.92 Å². The number of ketones is 1. The quantitative estimate of drug-likeness (QED) is 0.683. The van der Waals surface area contributed by atoms with Crippen molar-refractivity contribution >= 4 is 15.6 Å². The van der Waals surface area contributed by atoms with Gasteiger partial charge in [-0.05, 0) is 18.4 Å². The molecule has 0 spiro atoms. The summed E-state index contributed by atoms with van der Waals surface area (Å²) in [5.74, 6) is -0.0825. The third-order valence-corrected chi connectivity index (χ3v) is 4.75. The van der Waals surface area contributed by atoms with Gasteiger partial charge in [0.25, 0.3) is 0 Å². The minimum absolute atomic E-state index is 0.00991. The van der Waals surface area contributed by atoms with E-state index < -0.39 is 9.84 Å². The van der Waals surface area contributed by atoms with Crippen molar-refractivity contribution in [1.29, 1.82) is 0 Å². The minimum atomic E-state index is -3.25. The Labute approximate surface area is 89.0 Å². The van der Waals surface area contributed by atoms with Gasteiger partial charge in [-0.1, -0.05) is 25.1 Å². The Morgan fingerprint density at radius 2 is 2.07 bits per heavy atom. The van der Waals surface area contributed by atoms with Crippen LogP contribution in [0.25, 0.3) is 0 Å². The van der Waals surface area contributed by atoms with Crippen LogP contribution in [0.3, 0.4) is 0 Å². The van der Waals surface area contributed by atoms with E-state index in [4.69, 9.17) is 0 Å². The van der Waals surface area contributed by atoms with Crippen LogP contribution in [0, 0.1) is 0 Å². The lowest BCUT2D eigenvalue weighted by molar-refractivity contribution is 0.101. The molecule has 0 radical (unpaired) electrons. The number of carbonyl (C=O) groups excluding carboxylic acids is 1. The summed E-state index contributed by atoms with van der Waals surface area (Å²) in [5, 5.41) is 0. The Bertz CT molecular complexity index is 529. The molecule has 2 rings (SSSR count). The molecule has 0 amide bonds. The topological polar surface area (TPSA) is 51.2 Å². The SMILES string of the molecule is CC(=O)c1cccc2c1S(=O)(=O)CC2C. The van der Waals surface area contributed by atoms with Crippen molar-refractivity contribution in [1.82, 2.24) is 0 Å². The summed E-state index contributed by atoms with van der Waals surface area (Å²) >= 11 is 0. The molecule has 15 heavy (non-hydrogen) atoms. The summed E-state index contributed by atoms with van der Waals surface area (Å²) < 4.78 is 23.7. The summed E-state index contributed by atoms with van der Waals surface area (Å²) in [5.41, 5.74) is 1.11. The van der Waals surface area contributed by atoms with Crippen molar-refractivity contribution in [3.8, 4) is 0 Å². The zero-order valence-corrected chi connectivity index (χ0v) is 9.47. The van der Waals surface area contributed by atoms with Crippen molar-refractivity contribution in [3.63, 3.8) is 0 Å². The zero-order chi connectivity index (χ0) is 11.2. The number of rotatable bonds is 1. The first-order valence-corrected chi connectivity index (χ1v) is 6.45. The molecular weight excluding hydrogens is 212 g/mol. The van der Waals surface area contributed by atoms with E-state index in [2.05, 4.69) is 0 Å². The molecular formula is C11H12O3S. The Morgan fingerprint density at radius 1 is 1.40 bits per heavy atom. The standard InChI is InChI=1S/C11H12O3S/c1-7-6-15(13,14)11-9(7)4-3-5-10(11)8(2)12/h3-5,7H,6H2,1-2H3. The molecule has 4 heteroatoms.